The Morgan fingerprint density at radius 2 is 1.92 bits per heavy atom. The average molecular weight is 558 g/mol. The smallest absolute Gasteiger partial charge is 0.318 e. The van der Waals surface area contributed by atoms with E-state index in [1.165, 1.54) is 22.9 Å². The second-order valence-electron chi connectivity index (χ2n) is 8.64. The molecule has 4 N–H and O–H groups in total. The van der Waals surface area contributed by atoms with Crippen LogP contribution in [0.2, 0.25) is 10.0 Å². The summed E-state index contributed by atoms with van der Waals surface area (Å²) < 4.78 is 0. The molecule has 2 aliphatic rings. The monoisotopic (exact) mass is 557 g/mol. The molecule has 192 valence electrons. The fourth-order valence-corrected chi connectivity index (χ4v) is 6.02. The number of halogens is 2. The molecule has 0 unspecified atom stereocenters. The predicted molar refractivity (Wildman–Crippen MR) is 149 cm³/mol. The number of hydrogen-bond donors (Lipinski definition) is 4. The van der Waals surface area contributed by atoms with Crippen LogP contribution in [-0.2, 0) is 0 Å². The zero-order valence-corrected chi connectivity index (χ0v) is 22.3. The standard InChI is InChI=1S/C25H25Cl2N7O2S/c1-28-25(36)32-20-11-15(5-6-16(20)14-7-9-29-10-8-14)31-24-30-12-17-22(33-24)37-13-34(23(17)35)21-18(26)3-2-4-19(21)27/h2-6,11-12,14,29H,7-10,13H2,1H3,(H2,28,32,36)(H,30,31,33). The summed E-state index contributed by atoms with van der Waals surface area (Å²) >= 11 is 14.0. The van der Waals surface area contributed by atoms with Crippen molar-refractivity contribution in [2.75, 3.05) is 41.5 Å². The third kappa shape index (κ3) is 5.47. The summed E-state index contributed by atoms with van der Waals surface area (Å²) in [5.41, 5.74) is 3.41. The molecule has 1 fully saturated rings. The second-order valence-corrected chi connectivity index (χ2v) is 10.4. The van der Waals surface area contributed by atoms with Crippen molar-refractivity contribution in [1.29, 1.82) is 0 Å². The van der Waals surface area contributed by atoms with Gasteiger partial charge < -0.3 is 21.3 Å². The number of amides is 3. The lowest BCUT2D eigenvalue weighted by Gasteiger charge is -2.28. The van der Waals surface area contributed by atoms with Crippen LogP contribution in [0.3, 0.4) is 0 Å². The van der Waals surface area contributed by atoms with Gasteiger partial charge >= 0.3 is 6.03 Å². The highest BCUT2D eigenvalue weighted by Crippen LogP contribution is 2.40. The number of hydrogen-bond acceptors (Lipinski definition) is 7. The molecule has 3 amide bonds. The molecule has 0 saturated carbocycles. The Labute approximate surface area is 228 Å². The molecule has 5 rings (SSSR count). The van der Waals surface area contributed by atoms with Gasteiger partial charge in [0.1, 0.15) is 5.03 Å². The van der Waals surface area contributed by atoms with Crippen LogP contribution in [0.5, 0.6) is 0 Å². The Kier molecular flexibility index (Phi) is 7.71. The van der Waals surface area contributed by atoms with Crippen LogP contribution < -0.4 is 26.2 Å². The maximum Gasteiger partial charge on any atom is 0.318 e. The number of thioether (sulfide) groups is 1. The largest absolute Gasteiger partial charge is 0.341 e. The van der Waals surface area contributed by atoms with Crippen molar-refractivity contribution in [1.82, 2.24) is 20.6 Å². The Bertz CT molecular complexity index is 1330. The molecule has 3 aromatic rings. The van der Waals surface area contributed by atoms with E-state index in [-0.39, 0.29) is 11.9 Å². The predicted octanol–water partition coefficient (Wildman–Crippen LogP) is 5.46. The number of piperidine rings is 1. The first-order valence-corrected chi connectivity index (χ1v) is 13.5. The number of nitrogens with zero attached hydrogens (tertiary/aromatic N) is 3. The minimum absolute atomic E-state index is 0.265. The van der Waals surface area contributed by atoms with Gasteiger partial charge in [-0.05, 0) is 61.7 Å². The van der Waals surface area contributed by atoms with Gasteiger partial charge in [0.25, 0.3) is 5.91 Å². The summed E-state index contributed by atoms with van der Waals surface area (Å²) in [7, 11) is 1.59. The number of benzene rings is 2. The van der Waals surface area contributed by atoms with Gasteiger partial charge in [0.2, 0.25) is 5.95 Å². The van der Waals surface area contributed by atoms with Gasteiger partial charge in [-0.3, -0.25) is 9.69 Å². The number of nitrogens with one attached hydrogen (secondary N) is 4. The molecule has 0 aliphatic carbocycles. The van der Waals surface area contributed by atoms with E-state index in [1.54, 1.807) is 25.2 Å². The van der Waals surface area contributed by atoms with Crippen molar-refractivity contribution in [3.05, 3.63) is 63.8 Å². The molecule has 3 heterocycles. The number of anilines is 4. The van der Waals surface area contributed by atoms with Crippen LogP contribution in [0.4, 0.5) is 27.8 Å². The van der Waals surface area contributed by atoms with E-state index in [0.29, 0.717) is 44.1 Å². The lowest BCUT2D eigenvalue weighted by Crippen LogP contribution is -2.35. The van der Waals surface area contributed by atoms with Gasteiger partial charge in [-0.25, -0.2) is 14.8 Å². The zero-order chi connectivity index (χ0) is 25.9. The maximum absolute atomic E-state index is 13.2. The highest BCUT2D eigenvalue weighted by atomic mass is 35.5. The van der Waals surface area contributed by atoms with Gasteiger partial charge in [-0.1, -0.05) is 47.1 Å². The van der Waals surface area contributed by atoms with E-state index in [4.69, 9.17) is 23.2 Å². The Morgan fingerprint density at radius 3 is 2.65 bits per heavy atom. The summed E-state index contributed by atoms with van der Waals surface area (Å²) in [5.74, 6) is 0.763. The van der Waals surface area contributed by atoms with Crippen LogP contribution in [0.1, 0.15) is 34.7 Å². The SMILES string of the molecule is CNC(=O)Nc1cc(Nc2ncc3c(n2)SCN(c2c(Cl)cccc2Cl)C3=O)ccc1C1CCNCC1. The highest BCUT2D eigenvalue weighted by Gasteiger charge is 2.30. The summed E-state index contributed by atoms with van der Waals surface area (Å²) in [5, 5.41) is 13.5. The first-order valence-electron chi connectivity index (χ1n) is 11.8. The van der Waals surface area contributed by atoms with E-state index in [2.05, 4.69) is 31.2 Å². The normalized spacial score (nSPS) is 15.8. The molecular formula is C25H25Cl2N7O2S. The van der Waals surface area contributed by atoms with Crippen LogP contribution in [-0.4, -0.2) is 47.9 Å². The van der Waals surface area contributed by atoms with Gasteiger partial charge in [-0.15, -0.1) is 0 Å². The molecule has 2 aliphatic heterocycles. The van der Waals surface area contributed by atoms with E-state index >= 15 is 0 Å². The Morgan fingerprint density at radius 1 is 1.16 bits per heavy atom. The lowest BCUT2D eigenvalue weighted by atomic mass is 9.89. The van der Waals surface area contributed by atoms with Crippen molar-refractivity contribution in [2.45, 2.75) is 23.8 Å². The number of urea groups is 1. The van der Waals surface area contributed by atoms with Gasteiger partial charge in [0.15, 0.2) is 0 Å². The summed E-state index contributed by atoms with van der Waals surface area (Å²) in [4.78, 5) is 35.8. The number of carbonyl (C=O) groups excluding carboxylic acids is 2. The summed E-state index contributed by atoms with van der Waals surface area (Å²) in [6, 6.07) is 10.7. The van der Waals surface area contributed by atoms with E-state index < -0.39 is 0 Å². The molecule has 0 radical (unpaired) electrons. The number of aromatic nitrogens is 2. The number of carbonyl (C=O) groups is 2. The van der Waals surface area contributed by atoms with Crippen molar-refractivity contribution < 1.29 is 9.59 Å². The molecule has 37 heavy (non-hydrogen) atoms. The molecule has 0 spiro atoms. The van der Waals surface area contributed by atoms with E-state index in [9.17, 15) is 9.59 Å². The molecule has 0 bridgehead atoms. The number of para-hydroxylation sites is 1. The fourth-order valence-electron chi connectivity index (χ4n) is 4.47. The third-order valence-corrected chi connectivity index (χ3v) is 7.91. The van der Waals surface area contributed by atoms with Gasteiger partial charge in [0, 0.05) is 24.6 Å². The number of fused-ring (bicyclic) bond motifs is 1. The summed E-state index contributed by atoms with van der Waals surface area (Å²) in [6.07, 6.45) is 3.51. The minimum Gasteiger partial charge on any atom is -0.341 e. The van der Waals surface area contributed by atoms with E-state index in [0.717, 1.165) is 42.9 Å². The molecule has 12 heteroatoms. The number of rotatable bonds is 5. The quantitative estimate of drug-likeness (QED) is 0.308. The van der Waals surface area contributed by atoms with Gasteiger partial charge in [-0.2, -0.15) is 0 Å². The summed E-state index contributed by atoms with van der Waals surface area (Å²) in [6.45, 7) is 1.90. The average Bonchev–Trinajstić information content (AvgIpc) is 2.90. The minimum atomic E-state index is -0.282. The Balaban J connectivity index is 1.38. The molecule has 9 nitrogen and oxygen atoms in total. The van der Waals surface area contributed by atoms with Crippen molar-refractivity contribution in [3.63, 3.8) is 0 Å². The first-order chi connectivity index (χ1) is 17.9. The molecule has 1 saturated heterocycles. The molecule has 1 aromatic heterocycles. The lowest BCUT2D eigenvalue weighted by molar-refractivity contribution is 0.0985. The van der Waals surface area contributed by atoms with Crippen molar-refractivity contribution in [3.8, 4) is 0 Å². The van der Waals surface area contributed by atoms with Crippen LogP contribution in [0, 0.1) is 0 Å². The topological polar surface area (TPSA) is 111 Å². The van der Waals surface area contributed by atoms with Crippen LogP contribution in [0.25, 0.3) is 0 Å². The molecular weight excluding hydrogens is 533 g/mol. The first kappa shape index (κ1) is 25.6. The fraction of sp³-hybridized carbons (Fsp3) is 0.280. The Hall–Kier alpha value is -3.05. The maximum atomic E-state index is 13.2. The third-order valence-electron chi connectivity index (χ3n) is 6.33. The highest BCUT2D eigenvalue weighted by molar-refractivity contribution is 7.99. The second kappa shape index (κ2) is 11.1. The molecule has 0 atom stereocenters. The molecule has 2 aromatic carbocycles. The zero-order valence-electron chi connectivity index (χ0n) is 20.0. The van der Waals surface area contributed by atoms with Crippen LogP contribution >= 0.6 is 35.0 Å². The van der Waals surface area contributed by atoms with Crippen molar-refractivity contribution in [2.24, 2.45) is 0 Å². The van der Waals surface area contributed by atoms with Crippen LogP contribution in [0.15, 0.2) is 47.6 Å². The van der Waals surface area contributed by atoms with E-state index in [1.807, 2.05) is 18.2 Å². The van der Waals surface area contributed by atoms with Gasteiger partial charge in [0.05, 0.1) is 27.2 Å². The van der Waals surface area contributed by atoms with Crippen molar-refractivity contribution >= 4 is 69.9 Å².